The van der Waals surface area contributed by atoms with Gasteiger partial charge in [0.15, 0.2) is 0 Å². The third kappa shape index (κ3) is 4.96. The molecule has 2 aromatic heterocycles. The van der Waals surface area contributed by atoms with E-state index in [-0.39, 0.29) is 21.1 Å². The molecule has 0 unspecified atom stereocenters. The molecule has 0 aliphatic rings. The van der Waals surface area contributed by atoms with Gasteiger partial charge in [0.05, 0.1) is 13.1 Å². The van der Waals surface area contributed by atoms with Crippen molar-refractivity contribution in [3.05, 3.63) is 48.0 Å². The van der Waals surface area contributed by atoms with Crippen LogP contribution in [0.1, 0.15) is 11.4 Å². The van der Waals surface area contributed by atoms with Gasteiger partial charge >= 0.3 is 21.1 Å². The van der Waals surface area contributed by atoms with Crippen LogP contribution < -0.4 is 9.97 Å². The average Bonchev–Trinajstić information content (AvgIpc) is 2.96. The van der Waals surface area contributed by atoms with E-state index in [4.69, 9.17) is 0 Å². The molecule has 0 saturated heterocycles. The van der Waals surface area contributed by atoms with Crippen molar-refractivity contribution >= 4 is 12.4 Å². The largest absolute Gasteiger partial charge is 2.00 e. The summed E-state index contributed by atoms with van der Waals surface area (Å²) in [5, 5.41) is 0. The molecular formula is C12H12N4Pt. The number of nitrogens with zero attached hydrogens (tertiary/aromatic N) is 4. The average molecular weight is 407 g/mol. The quantitative estimate of drug-likeness (QED) is 0.552. The first kappa shape index (κ1) is 13.7. The monoisotopic (exact) mass is 407 g/mol. The van der Waals surface area contributed by atoms with Crippen LogP contribution >= 0.6 is 0 Å². The molecule has 2 rings (SSSR count). The van der Waals surface area contributed by atoms with Crippen LogP contribution in [-0.4, -0.2) is 25.5 Å². The first-order valence-electron chi connectivity index (χ1n) is 5.10. The topological polar surface area (TPSA) is 52.9 Å². The summed E-state index contributed by atoms with van der Waals surface area (Å²) in [6.45, 7) is 1.34. The van der Waals surface area contributed by atoms with Crippen molar-refractivity contribution in [3.63, 3.8) is 0 Å². The normalized spacial score (nSPS) is 11.1. The molecule has 0 atom stereocenters. The van der Waals surface area contributed by atoms with Gasteiger partial charge in [-0.05, 0) is 0 Å². The molecule has 0 radical (unpaired) electrons. The molecule has 0 spiro atoms. The van der Waals surface area contributed by atoms with E-state index in [0.29, 0.717) is 13.1 Å². The minimum Gasteiger partial charge on any atom is -0.663 e. The van der Waals surface area contributed by atoms with E-state index in [1.165, 1.54) is 0 Å². The maximum absolute atomic E-state index is 4.21. The van der Waals surface area contributed by atoms with E-state index in [1.807, 2.05) is 24.3 Å². The fourth-order valence-corrected chi connectivity index (χ4v) is 1.21. The van der Waals surface area contributed by atoms with E-state index in [9.17, 15) is 0 Å². The molecule has 0 aliphatic heterocycles. The van der Waals surface area contributed by atoms with Crippen molar-refractivity contribution in [1.82, 2.24) is 9.97 Å². The molecule has 4 nitrogen and oxygen atoms in total. The Balaban J connectivity index is 0.00000144. The van der Waals surface area contributed by atoms with Gasteiger partial charge in [0, 0.05) is 12.4 Å². The Bertz CT molecular complexity index is 399. The molecule has 0 fully saturated rings. The van der Waals surface area contributed by atoms with Gasteiger partial charge in [-0.25, -0.2) is 0 Å². The standard InChI is InChI=1S/C12H12N4.Pt/c1-3-11(15-5-1)9-13-7-8-14-10-12-4-2-6-16-12;/h1-6,9-10H,7-8H2;/q-2;+2. The second-order valence-corrected chi connectivity index (χ2v) is 3.19. The van der Waals surface area contributed by atoms with Gasteiger partial charge in [-0.15, -0.1) is 11.4 Å². The molecule has 0 aliphatic carbocycles. The molecule has 0 saturated carbocycles. The fourth-order valence-electron chi connectivity index (χ4n) is 1.21. The molecule has 2 heterocycles. The van der Waals surface area contributed by atoms with Crippen LogP contribution in [0.2, 0.25) is 0 Å². The Kier molecular flexibility index (Phi) is 6.26. The minimum absolute atomic E-state index is 0. The maximum atomic E-state index is 4.21. The smallest absolute Gasteiger partial charge is 0.663 e. The van der Waals surface area contributed by atoms with Gasteiger partial charge in [-0.2, -0.15) is 12.4 Å². The summed E-state index contributed by atoms with van der Waals surface area (Å²) in [5.74, 6) is 0. The van der Waals surface area contributed by atoms with E-state index in [0.717, 1.165) is 11.4 Å². The van der Waals surface area contributed by atoms with Gasteiger partial charge in [0.1, 0.15) is 0 Å². The number of aliphatic imine (C=N–C) groups is 2. The molecule has 17 heavy (non-hydrogen) atoms. The van der Waals surface area contributed by atoms with Crippen molar-refractivity contribution in [2.24, 2.45) is 9.98 Å². The van der Waals surface area contributed by atoms with Gasteiger partial charge in [-0.1, -0.05) is 24.3 Å². The predicted molar refractivity (Wildman–Crippen MR) is 64.4 cm³/mol. The van der Waals surface area contributed by atoms with Gasteiger partial charge in [-0.3, -0.25) is 9.98 Å². The molecule has 0 amide bonds. The minimum atomic E-state index is 0. The van der Waals surface area contributed by atoms with Gasteiger partial charge in [0.2, 0.25) is 0 Å². The maximum Gasteiger partial charge on any atom is 2.00 e. The van der Waals surface area contributed by atoms with Gasteiger partial charge in [0.25, 0.3) is 0 Å². The van der Waals surface area contributed by atoms with Crippen LogP contribution in [0.5, 0.6) is 0 Å². The van der Waals surface area contributed by atoms with Crippen LogP contribution in [0.4, 0.5) is 0 Å². The molecule has 0 bridgehead atoms. The van der Waals surface area contributed by atoms with Crippen molar-refractivity contribution in [2.45, 2.75) is 0 Å². The zero-order chi connectivity index (χ0) is 11.1. The molecule has 90 valence electrons. The number of aromatic nitrogens is 2. The van der Waals surface area contributed by atoms with E-state index in [1.54, 1.807) is 24.8 Å². The second kappa shape index (κ2) is 7.80. The van der Waals surface area contributed by atoms with Crippen molar-refractivity contribution in [1.29, 1.82) is 0 Å². The van der Waals surface area contributed by atoms with E-state index in [2.05, 4.69) is 20.0 Å². The summed E-state index contributed by atoms with van der Waals surface area (Å²) in [6.07, 6.45) is 7.02. The molecular weight excluding hydrogens is 395 g/mol. The van der Waals surface area contributed by atoms with Crippen molar-refractivity contribution < 1.29 is 21.1 Å². The van der Waals surface area contributed by atoms with Crippen LogP contribution in [-0.2, 0) is 21.1 Å². The Morgan fingerprint density at radius 1 is 0.882 bits per heavy atom. The Morgan fingerprint density at radius 2 is 1.35 bits per heavy atom. The predicted octanol–water partition coefficient (Wildman–Crippen LogP) is 1.14. The second-order valence-electron chi connectivity index (χ2n) is 3.19. The summed E-state index contributed by atoms with van der Waals surface area (Å²) < 4.78 is 0. The van der Waals surface area contributed by atoms with Crippen LogP contribution in [0.3, 0.4) is 0 Å². The van der Waals surface area contributed by atoms with Crippen LogP contribution in [0.15, 0.2) is 46.6 Å². The van der Waals surface area contributed by atoms with Gasteiger partial charge < -0.3 is 9.97 Å². The zero-order valence-electron chi connectivity index (χ0n) is 9.14. The number of hydrogen-bond acceptors (Lipinski definition) is 2. The molecule has 0 aromatic carbocycles. The number of rotatable bonds is 5. The Morgan fingerprint density at radius 3 is 1.71 bits per heavy atom. The Labute approximate surface area is 115 Å². The Hall–Kier alpha value is -1.41. The SMILES string of the molecule is C(=NCCN=Cc1ccc[n-]1)c1ccc[n-]1.[Pt+2]. The van der Waals surface area contributed by atoms with Crippen molar-refractivity contribution in [2.75, 3.05) is 13.1 Å². The first-order valence-corrected chi connectivity index (χ1v) is 5.10. The molecule has 2 aromatic rings. The summed E-state index contributed by atoms with van der Waals surface area (Å²) in [4.78, 5) is 16.6. The first-order chi connectivity index (χ1) is 7.95. The van der Waals surface area contributed by atoms with Crippen molar-refractivity contribution in [3.8, 4) is 0 Å². The molecule has 0 N–H and O–H groups in total. The third-order valence-electron chi connectivity index (χ3n) is 1.96. The fraction of sp³-hybridized carbons (Fsp3) is 0.167. The molecule has 5 heteroatoms. The van der Waals surface area contributed by atoms with Crippen LogP contribution in [0, 0.1) is 0 Å². The zero-order valence-corrected chi connectivity index (χ0v) is 11.4. The van der Waals surface area contributed by atoms with E-state index >= 15 is 0 Å². The third-order valence-corrected chi connectivity index (χ3v) is 1.96. The van der Waals surface area contributed by atoms with Crippen LogP contribution in [0.25, 0.3) is 0 Å². The number of hydrogen-bond donors (Lipinski definition) is 0. The van der Waals surface area contributed by atoms with E-state index < -0.39 is 0 Å². The summed E-state index contributed by atoms with van der Waals surface area (Å²) in [7, 11) is 0. The summed E-state index contributed by atoms with van der Waals surface area (Å²) in [6, 6.07) is 7.61. The summed E-state index contributed by atoms with van der Waals surface area (Å²) >= 11 is 0. The summed E-state index contributed by atoms with van der Waals surface area (Å²) in [5.41, 5.74) is 1.78.